The fourth-order valence-corrected chi connectivity index (χ4v) is 2.69. The number of halogens is 1. The maximum atomic E-state index is 6.43. The summed E-state index contributed by atoms with van der Waals surface area (Å²) in [5.74, 6) is 0. The Kier molecular flexibility index (Phi) is 8.30. The minimum atomic E-state index is 0.296. The van der Waals surface area contributed by atoms with Gasteiger partial charge in [-0.15, -0.1) is 0 Å². The number of aromatic nitrogens is 2. The fourth-order valence-electron chi connectivity index (χ4n) is 2.48. The number of hydrogen-bond acceptors (Lipinski definition) is 3. The van der Waals surface area contributed by atoms with Gasteiger partial charge in [-0.1, -0.05) is 18.5 Å². The molecule has 4 nitrogen and oxygen atoms in total. The molecule has 0 amide bonds. The Morgan fingerprint density at radius 3 is 2.62 bits per heavy atom. The van der Waals surface area contributed by atoms with Gasteiger partial charge in [-0.2, -0.15) is 5.10 Å². The number of rotatable bonds is 10. The molecule has 0 spiro atoms. The van der Waals surface area contributed by atoms with Gasteiger partial charge in [0.05, 0.1) is 22.5 Å². The SMILES string of the molecule is CCCNC(CCC(C)OC)Cc1c(Cl)c(C)nn1CC. The average molecular weight is 316 g/mol. The van der Waals surface area contributed by atoms with E-state index in [-0.39, 0.29) is 0 Å². The number of ether oxygens (including phenoxy) is 1. The standard InChI is InChI=1S/C16H30ClN3O/c1-6-10-18-14(9-8-12(3)21-5)11-15-16(17)13(4)19-20(15)7-2/h12,14,18H,6-11H2,1-5H3. The van der Waals surface area contributed by atoms with Crippen LogP contribution in [0.2, 0.25) is 5.02 Å². The van der Waals surface area contributed by atoms with Crippen LogP contribution in [0.15, 0.2) is 0 Å². The monoisotopic (exact) mass is 315 g/mol. The van der Waals surface area contributed by atoms with Crippen molar-refractivity contribution in [1.82, 2.24) is 15.1 Å². The summed E-state index contributed by atoms with van der Waals surface area (Å²) in [6.45, 7) is 10.3. The normalized spacial score (nSPS) is 14.4. The second-order valence-corrected chi connectivity index (χ2v) is 6.02. The van der Waals surface area contributed by atoms with Gasteiger partial charge >= 0.3 is 0 Å². The van der Waals surface area contributed by atoms with Crippen molar-refractivity contribution in [3.63, 3.8) is 0 Å². The van der Waals surface area contributed by atoms with Crippen LogP contribution in [-0.4, -0.2) is 35.6 Å². The number of hydrogen-bond donors (Lipinski definition) is 1. The van der Waals surface area contributed by atoms with Crippen molar-refractivity contribution in [3.8, 4) is 0 Å². The van der Waals surface area contributed by atoms with E-state index in [2.05, 4.69) is 31.2 Å². The van der Waals surface area contributed by atoms with Crippen molar-refractivity contribution < 1.29 is 4.74 Å². The van der Waals surface area contributed by atoms with Gasteiger partial charge < -0.3 is 10.1 Å². The van der Waals surface area contributed by atoms with Gasteiger partial charge in [0.2, 0.25) is 0 Å². The zero-order valence-electron chi connectivity index (χ0n) is 14.1. The van der Waals surface area contributed by atoms with Crippen LogP contribution in [0.1, 0.15) is 51.4 Å². The fraction of sp³-hybridized carbons (Fsp3) is 0.812. The Labute approximate surface area is 134 Å². The van der Waals surface area contributed by atoms with E-state index in [1.807, 2.05) is 11.6 Å². The van der Waals surface area contributed by atoms with Crippen LogP contribution in [-0.2, 0) is 17.7 Å². The summed E-state index contributed by atoms with van der Waals surface area (Å²) >= 11 is 6.43. The third-order valence-electron chi connectivity index (χ3n) is 3.90. The molecule has 1 heterocycles. The van der Waals surface area contributed by atoms with Gasteiger partial charge in [-0.25, -0.2) is 0 Å². The zero-order valence-corrected chi connectivity index (χ0v) is 14.8. The van der Waals surface area contributed by atoms with E-state index in [1.54, 1.807) is 7.11 Å². The molecule has 0 fully saturated rings. The molecule has 2 atom stereocenters. The molecular weight excluding hydrogens is 286 g/mol. The second kappa shape index (κ2) is 9.44. The van der Waals surface area contributed by atoms with Crippen molar-refractivity contribution >= 4 is 11.6 Å². The van der Waals surface area contributed by atoms with Crippen molar-refractivity contribution in [1.29, 1.82) is 0 Å². The van der Waals surface area contributed by atoms with E-state index in [1.165, 1.54) is 0 Å². The van der Waals surface area contributed by atoms with Crippen LogP contribution in [0, 0.1) is 6.92 Å². The lowest BCUT2D eigenvalue weighted by Crippen LogP contribution is -2.33. The summed E-state index contributed by atoms with van der Waals surface area (Å²) < 4.78 is 7.38. The quantitative estimate of drug-likeness (QED) is 0.717. The average Bonchev–Trinajstić information content (AvgIpc) is 2.76. The van der Waals surface area contributed by atoms with Gasteiger partial charge in [0.25, 0.3) is 0 Å². The van der Waals surface area contributed by atoms with Crippen molar-refractivity contribution in [2.75, 3.05) is 13.7 Å². The third-order valence-corrected chi connectivity index (χ3v) is 4.39. The molecule has 0 aromatic carbocycles. The smallest absolute Gasteiger partial charge is 0.0847 e. The summed E-state index contributed by atoms with van der Waals surface area (Å²) in [4.78, 5) is 0. The second-order valence-electron chi connectivity index (χ2n) is 5.64. The minimum Gasteiger partial charge on any atom is -0.382 e. The molecule has 0 aliphatic rings. The van der Waals surface area contributed by atoms with Crippen LogP contribution in [0.25, 0.3) is 0 Å². The lowest BCUT2D eigenvalue weighted by atomic mass is 10.0. The van der Waals surface area contributed by atoms with E-state index in [4.69, 9.17) is 16.3 Å². The van der Waals surface area contributed by atoms with Crippen LogP contribution in [0.4, 0.5) is 0 Å². The summed E-state index contributed by atoms with van der Waals surface area (Å²) in [6, 6.07) is 0.418. The summed E-state index contributed by atoms with van der Waals surface area (Å²) in [5.41, 5.74) is 2.07. The highest BCUT2D eigenvalue weighted by molar-refractivity contribution is 6.31. The minimum absolute atomic E-state index is 0.296. The number of nitrogens with zero attached hydrogens (tertiary/aromatic N) is 2. The van der Waals surface area contributed by atoms with E-state index in [9.17, 15) is 0 Å². The summed E-state index contributed by atoms with van der Waals surface area (Å²) in [6.07, 6.45) is 4.48. The molecule has 0 saturated heterocycles. The van der Waals surface area contributed by atoms with Gasteiger partial charge in [-0.05, 0) is 46.6 Å². The lowest BCUT2D eigenvalue weighted by Gasteiger charge is -2.21. The molecule has 21 heavy (non-hydrogen) atoms. The molecule has 1 aromatic rings. The summed E-state index contributed by atoms with van der Waals surface area (Å²) in [5, 5.41) is 8.95. The maximum Gasteiger partial charge on any atom is 0.0847 e. The molecule has 0 bridgehead atoms. The van der Waals surface area contributed by atoms with Crippen LogP contribution < -0.4 is 5.32 Å². The number of methoxy groups -OCH3 is 1. The number of aryl methyl sites for hydroxylation is 2. The predicted molar refractivity (Wildman–Crippen MR) is 89.1 cm³/mol. The van der Waals surface area contributed by atoms with Gasteiger partial charge in [0.15, 0.2) is 0 Å². The van der Waals surface area contributed by atoms with Gasteiger partial charge in [-0.3, -0.25) is 4.68 Å². The highest BCUT2D eigenvalue weighted by atomic mass is 35.5. The Morgan fingerprint density at radius 2 is 2.05 bits per heavy atom. The first-order valence-electron chi connectivity index (χ1n) is 8.01. The van der Waals surface area contributed by atoms with E-state index >= 15 is 0 Å². The predicted octanol–water partition coefficient (Wildman–Crippen LogP) is 3.59. The molecule has 0 radical (unpaired) electrons. The first-order chi connectivity index (χ1) is 10.0. The lowest BCUT2D eigenvalue weighted by molar-refractivity contribution is 0.106. The van der Waals surface area contributed by atoms with Gasteiger partial charge in [0, 0.05) is 26.1 Å². The van der Waals surface area contributed by atoms with E-state index < -0.39 is 0 Å². The Balaban J connectivity index is 2.75. The molecule has 1 rings (SSSR count). The molecule has 0 aliphatic heterocycles. The maximum absolute atomic E-state index is 6.43. The molecular formula is C16H30ClN3O. The summed E-state index contributed by atoms with van der Waals surface area (Å²) in [7, 11) is 1.77. The molecule has 1 aromatic heterocycles. The number of nitrogens with one attached hydrogen (secondary N) is 1. The van der Waals surface area contributed by atoms with Crippen LogP contribution in [0.5, 0.6) is 0 Å². The zero-order chi connectivity index (χ0) is 15.8. The first kappa shape index (κ1) is 18.5. The molecule has 1 N–H and O–H groups in total. The largest absolute Gasteiger partial charge is 0.382 e. The van der Waals surface area contributed by atoms with E-state index in [0.717, 1.165) is 55.2 Å². The molecule has 0 aliphatic carbocycles. The Morgan fingerprint density at radius 1 is 1.33 bits per heavy atom. The highest BCUT2D eigenvalue weighted by Crippen LogP contribution is 2.22. The molecule has 0 saturated carbocycles. The van der Waals surface area contributed by atoms with Crippen molar-refractivity contribution in [3.05, 3.63) is 16.4 Å². The topological polar surface area (TPSA) is 39.1 Å². The molecule has 5 heteroatoms. The molecule has 122 valence electrons. The Bertz CT molecular complexity index is 420. The first-order valence-corrected chi connectivity index (χ1v) is 8.39. The van der Waals surface area contributed by atoms with Crippen LogP contribution in [0.3, 0.4) is 0 Å². The molecule has 2 unspecified atom stereocenters. The van der Waals surface area contributed by atoms with Crippen LogP contribution >= 0.6 is 11.6 Å². The Hall–Kier alpha value is -0.580. The van der Waals surface area contributed by atoms with Crippen molar-refractivity contribution in [2.45, 2.75) is 72.1 Å². The van der Waals surface area contributed by atoms with E-state index in [0.29, 0.717) is 12.1 Å². The van der Waals surface area contributed by atoms with Gasteiger partial charge in [0.1, 0.15) is 0 Å². The highest BCUT2D eigenvalue weighted by Gasteiger charge is 2.18. The third kappa shape index (κ3) is 5.61. The van der Waals surface area contributed by atoms with Crippen molar-refractivity contribution in [2.24, 2.45) is 0 Å².